The van der Waals surface area contributed by atoms with E-state index in [0.29, 0.717) is 6.42 Å². The minimum atomic E-state index is -0.833. The zero-order valence-electron chi connectivity index (χ0n) is 6.71. The Labute approximate surface area is 93.2 Å². The summed E-state index contributed by atoms with van der Waals surface area (Å²) in [5, 5.41) is 8.65. The van der Waals surface area contributed by atoms with Gasteiger partial charge in [0.2, 0.25) is 0 Å². The molecule has 0 aliphatic rings. The van der Waals surface area contributed by atoms with Gasteiger partial charge in [-0.25, -0.2) is 0 Å². The minimum absolute atomic E-state index is 0.495. The summed E-state index contributed by atoms with van der Waals surface area (Å²) in [5.41, 5.74) is 0.999. The highest BCUT2D eigenvalue weighted by Gasteiger charge is 2.13. The smallest absolute Gasteiger partial charge is 0.317 e. The molecule has 0 heterocycles. The van der Waals surface area contributed by atoms with Gasteiger partial charge in [0, 0.05) is 4.47 Å². The lowest BCUT2D eigenvalue weighted by Gasteiger charge is -2.04. The third kappa shape index (κ3) is 3.48. The van der Waals surface area contributed by atoms with E-state index in [9.17, 15) is 4.79 Å². The molecule has 0 radical (unpaired) electrons. The summed E-state index contributed by atoms with van der Waals surface area (Å²) >= 11 is 6.41. The maximum Gasteiger partial charge on any atom is 0.317 e. The van der Waals surface area contributed by atoms with Crippen LogP contribution < -0.4 is 0 Å². The van der Waals surface area contributed by atoms with Crippen molar-refractivity contribution in [3.8, 4) is 0 Å². The highest BCUT2D eigenvalue weighted by molar-refractivity contribution is 9.10. The predicted molar refractivity (Wildman–Crippen MR) is 58.2 cm³/mol. The lowest BCUT2D eigenvalue weighted by atomic mass is 10.1. The first-order chi connectivity index (χ1) is 6.09. The van der Waals surface area contributed by atoms with Crippen LogP contribution in [0.1, 0.15) is 5.56 Å². The summed E-state index contributed by atoms with van der Waals surface area (Å²) in [4.78, 5) is 10.0. The Morgan fingerprint density at radius 3 is 2.77 bits per heavy atom. The van der Waals surface area contributed by atoms with E-state index >= 15 is 0 Å². The molecule has 0 amide bonds. The average Bonchev–Trinajstić information content (AvgIpc) is 2.04. The fraction of sp³-hybridized carbons (Fsp3) is 0.222. The molecule has 0 aliphatic carbocycles. The van der Waals surface area contributed by atoms with Gasteiger partial charge in [-0.05, 0) is 24.1 Å². The summed E-state index contributed by atoms with van der Waals surface area (Å²) in [7, 11) is 0. The number of carboxylic acids is 1. The Balaban J connectivity index is 2.69. The van der Waals surface area contributed by atoms with Crippen LogP contribution in [0, 0.1) is 0 Å². The van der Waals surface area contributed by atoms with E-state index in [0.717, 1.165) is 10.0 Å². The van der Waals surface area contributed by atoms with Crippen molar-refractivity contribution in [1.82, 2.24) is 0 Å². The SMILES string of the molecule is O=C(O)[C@H](Br)Cc1cccc(Br)c1. The van der Waals surface area contributed by atoms with Crippen molar-refractivity contribution in [1.29, 1.82) is 0 Å². The van der Waals surface area contributed by atoms with Crippen molar-refractivity contribution in [3.05, 3.63) is 34.3 Å². The van der Waals surface area contributed by atoms with Gasteiger partial charge >= 0.3 is 5.97 Å². The van der Waals surface area contributed by atoms with Crippen molar-refractivity contribution >= 4 is 37.8 Å². The fourth-order valence-electron chi connectivity index (χ4n) is 0.958. The molecule has 0 unspecified atom stereocenters. The van der Waals surface area contributed by atoms with E-state index in [2.05, 4.69) is 31.9 Å². The molecule has 1 aromatic rings. The van der Waals surface area contributed by atoms with Gasteiger partial charge in [0.15, 0.2) is 0 Å². The van der Waals surface area contributed by atoms with Crippen molar-refractivity contribution in [3.63, 3.8) is 0 Å². The van der Waals surface area contributed by atoms with E-state index in [1.807, 2.05) is 24.3 Å². The predicted octanol–water partition coefficient (Wildman–Crippen LogP) is 2.84. The van der Waals surface area contributed by atoms with Gasteiger partial charge in [-0.15, -0.1) is 0 Å². The molecule has 4 heteroatoms. The molecule has 0 aliphatic heterocycles. The van der Waals surface area contributed by atoms with E-state index in [4.69, 9.17) is 5.11 Å². The van der Waals surface area contributed by atoms with Crippen LogP contribution >= 0.6 is 31.9 Å². The molecule has 1 N–H and O–H groups in total. The molecule has 0 aromatic heterocycles. The first-order valence-corrected chi connectivity index (χ1v) is 5.42. The van der Waals surface area contributed by atoms with Crippen LogP contribution in [0.5, 0.6) is 0 Å². The van der Waals surface area contributed by atoms with Crippen molar-refractivity contribution < 1.29 is 9.90 Å². The summed E-state index contributed by atoms with van der Waals surface area (Å²) in [5.74, 6) is -0.833. The van der Waals surface area contributed by atoms with Gasteiger partial charge in [-0.1, -0.05) is 44.0 Å². The quantitative estimate of drug-likeness (QED) is 0.872. The zero-order chi connectivity index (χ0) is 9.84. The van der Waals surface area contributed by atoms with Gasteiger partial charge in [-0.3, -0.25) is 4.79 Å². The van der Waals surface area contributed by atoms with E-state index in [-0.39, 0.29) is 0 Å². The third-order valence-corrected chi connectivity index (χ3v) is 2.78. The largest absolute Gasteiger partial charge is 0.480 e. The molecule has 0 fully saturated rings. The van der Waals surface area contributed by atoms with Gasteiger partial charge < -0.3 is 5.11 Å². The number of halogens is 2. The lowest BCUT2D eigenvalue weighted by molar-refractivity contribution is -0.136. The van der Waals surface area contributed by atoms with Crippen LogP contribution in [0.15, 0.2) is 28.7 Å². The number of hydrogen-bond donors (Lipinski definition) is 1. The second-order valence-electron chi connectivity index (χ2n) is 2.64. The summed E-state index contributed by atoms with van der Waals surface area (Å²) in [6.45, 7) is 0. The van der Waals surface area contributed by atoms with Gasteiger partial charge in [0.05, 0.1) is 0 Å². The maximum atomic E-state index is 10.5. The monoisotopic (exact) mass is 306 g/mol. The third-order valence-electron chi connectivity index (χ3n) is 1.57. The van der Waals surface area contributed by atoms with E-state index in [1.54, 1.807) is 0 Å². The Morgan fingerprint density at radius 1 is 1.54 bits per heavy atom. The van der Waals surface area contributed by atoms with Gasteiger partial charge in [0.25, 0.3) is 0 Å². The number of carbonyl (C=O) groups is 1. The first kappa shape index (κ1) is 10.7. The van der Waals surface area contributed by atoms with Crippen LogP contribution in [0.3, 0.4) is 0 Å². The molecule has 0 bridgehead atoms. The van der Waals surface area contributed by atoms with Gasteiger partial charge in [-0.2, -0.15) is 0 Å². The highest BCUT2D eigenvalue weighted by atomic mass is 79.9. The topological polar surface area (TPSA) is 37.3 Å². The number of benzene rings is 1. The average molecular weight is 308 g/mol. The number of rotatable bonds is 3. The number of alkyl halides is 1. The second-order valence-corrected chi connectivity index (χ2v) is 4.66. The van der Waals surface area contributed by atoms with Crippen LogP contribution in [-0.2, 0) is 11.2 Å². The molecular weight excluding hydrogens is 300 g/mol. The zero-order valence-corrected chi connectivity index (χ0v) is 9.88. The van der Waals surface area contributed by atoms with Crippen molar-refractivity contribution in [2.75, 3.05) is 0 Å². The van der Waals surface area contributed by atoms with E-state index in [1.165, 1.54) is 0 Å². The molecule has 0 saturated heterocycles. The Morgan fingerprint density at radius 2 is 2.23 bits per heavy atom. The molecule has 0 saturated carbocycles. The minimum Gasteiger partial charge on any atom is -0.480 e. The molecule has 1 aromatic carbocycles. The second kappa shape index (κ2) is 4.77. The molecule has 2 nitrogen and oxygen atoms in total. The Kier molecular flexibility index (Phi) is 3.93. The maximum absolute atomic E-state index is 10.5. The number of aliphatic carboxylic acids is 1. The number of carboxylic acid groups (broad SMARTS) is 1. The van der Waals surface area contributed by atoms with Crippen molar-refractivity contribution in [2.24, 2.45) is 0 Å². The van der Waals surface area contributed by atoms with Crippen LogP contribution in [0.25, 0.3) is 0 Å². The molecule has 70 valence electrons. The standard InChI is InChI=1S/C9H8Br2O2/c10-7-3-1-2-6(4-7)5-8(11)9(12)13/h1-4,8H,5H2,(H,12,13)/t8-/m1/s1. The van der Waals surface area contributed by atoms with E-state index < -0.39 is 10.8 Å². The van der Waals surface area contributed by atoms with Gasteiger partial charge in [0.1, 0.15) is 4.83 Å². The molecule has 1 rings (SSSR count). The Bertz CT molecular complexity index is 312. The fourth-order valence-corrected chi connectivity index (χ4v) is 1.78. The number of hydrogen-bond acceptors (Lipinski definition) is 1. The Hall–Kier alpha value is -0.350. The van der Waals surface area contributed by atoms with Crippen LogP contribution in [0.2, 0.25) is 0 Å². The first-order valence-electron chi connectivity index (χ1n) is 3.71. The molecule has 13 heavy (non-hydrogen) atoms. The summed E-state index contributed by atoms with van der Waals surface area (Å²) < 4.78 is 0.968. The molecule has 1 atom stereocenters. The molecular formula is C9H8Br2O2. The van der Waals surface area contributed by atoms with Crippen LogP contribution in [0.4, 0.5) is 0 Å². The molecule has 0 spiro atoms. The highest BCUT2D eigenvalue weighted by Crippen LogP contribution is 2.15. The van der Waals surface area contributed by atoms with Crippen molar-refractivity contribution in [2.45, 2.75) is 11.2 Å². The lowest BCUT2D eigenvalue weighted by Crippen LogP contribution is -2.15. The summed E-state index contributed by atoms with van der Waals surface area (Å²) in [6, 6.07) is 7.62. The normalized spacial score (nSPS) is 12.5. The van der Waals surface area contributed by atoms with Crippen LogP contribution in [-0.4, -0.2) is 15.9 Å². The summed E-state index contributed by atoms with van der Waals surface area (Å²) in [6.07, 6.45) is 0.495.